The van der Waals surface area contributed by atoms with E-state index in [2.05, 4.69) is 11.0 Å². The van der Waals surface area contributed by atoms with Gasteiger partial charge >= 0.3 is 0 Å². The zero-order valence-corrected chi connectivity index (χ0v) is 12.0. The number of ether oxygens (including phenoxy) is 2. The zero-order valence-electron chi connectivity index (χ0n) is 12.0. The van der Waals surface area contributed by atoms with Crippen molar-refractivity contribution in [3.63, 3.8) is 0 Å². The van der Waals surface area contributed by atoms with Gasteiger partial charge in [-0.1, -0.05) is 6.07 Å². The van der Waals surface area contributed by atoms with Crippen LogP contribution in [0.15, 0.2) is 18.2 Å². The van der Waals surface area contributed by atoms with E-state index in [1.165, 1.54) is 5.56 Å². The summed E-state index contributed by atoms with van der Waals surface area (Å²) in [7, 11) is 1.63. The molecular weight excluding hydrogens is 256 g/mol. The van der Waals surface area contributed by atoms with E-state index in [-0.39, 0.29) is 0 Å². The number of aliphatic hydroxyl groups excluding tert-OH is 1. The van der Waals surface area contributed by atoms with Crippen LogP contribution in [0.1, 0.15) is 12.0 Å². The van der Waals surface area contributed by atoms with Gasteiger partial charge in [0.25, 0.3) is 0 Å². The average Bonchev–Trinajstić information content (AvgIpc) is 2.45. The number of nitrogens with zero attached hydrogens (tertiary/aromatic N) is 1. The van der Waals surface area contributed by atoms with Crippen molar-refractivity contribution in [2.75, 3.05) is 50.7 Å². The number of rotatable bonds is 7. The summed E-state index contributed by atoms with van der Waals surface area (Å²) in [5.74, 6) is 0. The van der Waals surface area contributed by atoms with Crippen LogP contribution in [0.2, 0.25) is 0 Å². The molecule has 0 aromatic heterocycles. The van der Waals surface area contributed by atoms with Crippen molar-refractivity contribution in [1.29, 1.82) is 0 Å². The van der Waals surface area contributed by atoms with Crippen LogP contribution in [0.4, 0.5) is 11.4 Å². The lowest BCUT2D eigenvalue weighted by atomic mass is 9.99. The zero-order chi connectivity index (χ0) is 14.4. The largest absolute Gasteiger partial charge is 0.398 e. The molecule has 1 aromatic rings. The van der Waals surface area contributed by atoms with Gasteiger partial charge in [-0.15, -0.1) is 0 Å². The molecule has 1 atom stereocenters. The molecule has 2 rings (SSSR count). The number of benzene rings is 1. The van der Waals surface area contributed by atoms with Gasteiger partial charge in [-0.25, -0.2) is 0 Å². The second kappa shape index (κ2) is 7.47. The quantitative estimate of drug-likeness (QED) is 0.577. The molecule has 3 N–H and O–H groups in total. The monoisotopic (exact) mass is 280 g/mol. The van der Waals surface area contributed by atoms with E-state index in [0.717, 1.165) is 30.8 Å². The summed E-state index contributed by atoms with van der Waals surface area (Å²) in [6.07, 6.45) is 1.58. The van der Waals surface area contributed by atoms with Gasteiger partial charge in [0.15, 0.2) is 0 Å². The number of hydrogen-bond donors (Lipinski definition) is 2. The van der Waals surface area contributed by atoms with E-state index >= 15 is 0 Å². The Morgan fingerprint density at radius 3 is 3.05 bits per heavy atom. The lowest BCUT2D eigenvalue weighted by Gasteiger charge is -2.33. The minimum atomic E-state index is -0.501. The Morgan fingerprint density at radius 1 is 1.40 bits per heavy atom. The lowest BCUT2D eigenvalue weighted by molar-refractivity contribution is 0.0160. The van der Waals surface area contributed by atoms with Crippen LogP contribution < -0.4 is 10.6 Å². The molecule has 0 saturated carbocycles. The fourth-order valence-corrected chi connectivity index (χ4v) is 2.59. The van der Waals surface area contributed by atoms with Gasteiger partial charge in [0, 0.05) is 31.6 Å². The second-order valence-electron chi connectivity index (χ2n) is 5.12. The Hall–Kier alpha value is -1.30. The van der Waals surface area contributed by atoms with Crippen molar-refractivity contribution in [3.8, 4) is 0 Å². The Bertz CT molecular complexity index is 426. The first kappa shape index (κ1) is 15.1. The van der Waals surface area contributed by atoms with E-state index in [4.69, 9.17) is 15.2 Å². The summed E-state index contributed by atoms with van der Waals surface area (Å²) < 4.78 is 10.3. The molecule has 1 heterocycles. The number of nitrogens with two attached hydrogens (primary N) is 1. The summed E-state index contributed by atoms with van der Waals surface area (Å²) in [4.78, 5) is 2.19. The van der Waals surface area contributed by atoms with E-state index in [0.29, 0.717) is 26.4 Å². The molecule has 5 nitrogen and oxygen atoms in total. The van der Waals surface area contributed by atoms with Crippen molar-refractivity contribution < 1.29 is 14.6 Å². The van der Waals surface area contributed by atoms with Crippen LogP contribution >= 0.6 is 0 Å². The maximum absolute atomic E-state index is 10.1. The molecule has 1 aliphatic rings. The number of β-amino-alcohol motifs (C(OH)–C–C–N with tert-alkyl or cyclic N) is 1. The highest BCUT2D eigenvalue weighted by Crippen LogP contribution is 2.31. The Labute approximate surface area is 120 Å². The molecule has 0 spiro atoms. The Balaban J connectivity index is 1.90. The van der Waals surface area contributed by atoms with Gasteiger partial charge in [-0.2, -0.15) is 0 Å². The van der Waals surface area contributed by atoms with Crippen molar-refractivity contribution in [2.24, 2.45) is 0 Å². The highest BCUT2D eigenvalue weighted by atomic mass is 16.5. The van der Waals surface area contributed by atoms with E-state index in [9.17, 15) is 5.11 Å². The molecular formula is C15H24N2O3. The molecule has 0 fully saturated rings. The summed E-state index contributed by atoms with van der Waals surface area (Å²) in [6, 6.07) is 5.98. The molecule has 0 amide bonds. The third kappa shape index (κ3) is 3.85. The van der Waals surface area contributed by atoms with Gasteiger partial charge < -0.3 is 25.2 Å². The highest BCUT2D eigenvalue weighted by Gasteiger charge is 2.20. The van der Waals surface area contributed by atoms with Crippen LogP contribution in [-0.4, -0.2) is 51.2 Å². The molecule has 0 radical (unpaired) electrons. The predicted octanol–water partition coefficient (Wildman–Crippen LogP) is 1.05. The molecule has 0 saturated heterocycles. The van der Waals surface area contributed by atoms with Crippen molar-refractivity contribution in [2.45, 2.75) is 18.9 Å². The summed E-state index contributed by atoms with van der Waals surface area (Å²) >= 11 is 0. The summed E-state index contributed by atoms with van der Waals surface area (Å²) in [5, 5.41) is 10.1. The highest BCUT2D eigenvalue weighted by molar-refractivity contribution is 5.66. The van der Waals surface area contributed by atoms with E-state index in [1.807, 2.05) is 12.1 Å². The molecule has 0 bridgehead atoms. The van der Waals surface area contributed by atoms with Crippen molar-refractivity contribution in [3.05, 3.63) is 23.8 Å². The Kier molecular flexibility index (Phi) is 5.64. The topological polar surface area (TPSA) is 68.0 Å². The Morgan fingerprint density at radius 2 is 2.25 bits per heavy atom. The van der Waals surface area contributed by atoms with Gasteiger partial charge in [-0.3, -0.25) is 0 Å². The minimum Gasteiger partial charge on any atom is -0.398 e. The summed E-state index contributed by atoms with van der Waals surface area (Å²) in [6.45, 7) is 2.92. The van der Waals surface area contributed by atoms with Gasteiger partial charge in [0.05, 0.1) is 25.9 Å². The molecule has 5 heteroatoms. The van der Waals surface area contributed by atoms with Gasteiger partial charge in [0.2, 0.25) is 0 Å². The molecule has 1 aliphatic heterocycles. The van der Waals surface area contributed by atoms with Crippen LogP contribution in [0, 0.1) is 0 Å². The van der Waals surface area contributed by atoms with Gasteiger partial charge in [0.1, 0.15) is 0 Å². The standard InChI is InChI=1S/C15H24N2O3/c1-19-8-9-20-11-12(18)10-17-7-3-4-13-14(16)5-2-6-15(13)17/h2,5-6,12,18H,3-4,7-11,16H2,1H3. The fourth-order valence-electron chi connectivity index (χ4n) is 2.59. The first-order valence-electron chi connectivity index (χ1n) is 7.09. The molecule has 1 unspecified atom stereocenters. The first-order chi connectivity index (χ1) is 9.72. The number of methoxy groups -OCH3 is 1. The van der Waals surface area contributed by atoms with Gasteiger partial charge in [-0.05, 0) is 30.5 Å². The van der Waals surface area contributed by atoms with Crippen LogP contribution in [0.5, 0.6) is 0 Å². The predicted molar refractivity (Wildman–Crippen MR) is 80.1 cm³/mol. The first-order valence-corrected chi connectivity index (χ1v) is 7.09. The molecule has 20 heavy (non-hydrogen) atoms. The maximum Gasteiger partial charge on any atom is 0.0948 e. The van der Waals surface area contributed by atoms with Crippen LogP contribution in [-0.2, 0) is 15.9 Å². The smallest absolute Gasteiger partial charge is 0.0948 e. The normalized spacial score (nSPS) is 16.0. The van der Waals surface area contributed by atoms with Crippen molar-refractivity contribution in [1.82, 2.24) is 0 Å². The number of fused-ring (bicyclic) bond motifs is 1. The molecule has 1 aromatic carbocycles. The average molecular weight is 280 g/mol. The molecule has 112 valence electrons. The van der Waals surface area contributed by atoms with Crippen molar-refractivity contribution >= 4 is 11.4 Å². The van der Waals surface area contributed by atoms with Crippen LogP contribution in [0.25, 0.3) is 0 Å². The van der Waals surface area contributed by atoms with E-state index in [1.54, 1.807) is 7.11 Å². The fraction of sp³-hybridized carbons (Fsp3) is 0.600. The number of anilines is 2. The van der Waals surface area contributed by atoms with Crippen LogP contribution in [0.3, 0.4) is 0 Å². The summed E-state index contributed by atoms with van der Waals surface area (Å²) in [5.41, 5.74) is 9.21. The number of aliphatic hydroxyl groups is 1. The third-order valence-electron chi connectivity index (χ3n) is 3.56. The second-order valence-corrected chi connectivity index (χ2v) is 5.12. The SMILES string of the molecule is COCCOCC(O)CN1CCCc2c(N)cccc21. The molecule has 0 aliphatic carbocycles. The number of nitrogen functional groups attached to an aromatic ring is 1. The lowest BCUT2D eigenvalue weighted by Crippen LogP contribution is -2.38. The third-order valence-corrected chi connectivity index (χ3v) is 3.56. The maximum atomic E-state index is 10.1. The number of hydrogen-bond acceptors (Lipinski definition) is 5. The minimum absolute atomic E-state index is 0.331. The van der Waals surface area contributed by atoms with E-state index < -0.39 is 6.10 Å².